The van der Waals surface area contributed by atoms with Crippen LogP contribution in [0.15, 0.2) is 53.4 Å². The van der Waals surface area contributed by atoms with Gasteiger partial charge in [-0.25, -0.2) is 17.9 Å². The average molecular weight is 411 g/mol. The van der Waals surface area contributed by atoms with Crippen molar-refractivity contribution in [2.24, 2.45) is 0 Å². The molecule has 134 valence electrons. The minimum atomic E-state index is -3.35. The number of sulfone groups is 1. The van der Waals surface area contributed by atoms with Crippen molar-refractivity contribution >= 4 is 39.0 Å². The molecule has 3 aromatic rings. The number of aromatic nitrogens is 2. The van der Waals surface area contributed by atoms with Gasteiger partial charge in [0.05, 0.1) is 21.3 Å². The summed E-state index contributed by atoms with van der Waals surface area (Å²) in [4.78, 5) is 11.7. The molecule has 26 heavy (non-hydrogen) atoms. The van der Waals surface area contributed by atoms with Crippen molar-refractivity contribution in [1.82, 2.24) is 9.78 Å². The van der Waals surface area contributed by atoms with Crippen LogP contribution in [-0.2, 0) is 9.84 Å². The Labute approximate surface area is 159 Å². The molecule has 0 aliphatic carbocycles. The first-order chi connectivity index (χ1) is 12.2. The first-order valence-electron chi connectivity index (χ1n) is 7.26. The highest BCUT2D eigenvalue weighted by Gasteiger charge is 2.18. The van der Waals surface area contributed by atoms with Crippen LogP contribution in [0.5, 0.6) is 0 Å². The molecular weight excluding hydrogens is 399 g/mol. The number of aromatic carboxylic acids is 1. The molecule has 1 heterocycles. The summed E-state index contributed by atoms with van der Waals surface area (Å²) < 4.78 is 24.4. The molecule has 0 aliphatic heterocycles. The molecule has 0 saturated carbocycles. The van der Waals surface area contributed by atoms with Crippen LogP contribution in [0.4, 0.5) is 0 Å². The van der Waals surface area contributed by atoms with E-state index in [0.717, 1.165) is 6.26 Å². The molecule has 0 radical (unpaired) electrons. The van der Waals surface area contributed by atoms with E-state index < -0.39 is 15.8 Å². The fourth-order valence-corrected chi connectivity index (χ4v) is 3.53. The number of rotatable bonds is 4. The van der Waals surface area contributed by atoms with E-state index in [1.54, 1.807) is 18.2 Å². The Morgan fingerprint density at radius 2 is 1.73 bits per heavy atom. The minimum Gasteiger partial charge on any atom is -0.477 e. The summed E-state index contributed by atoms with van der Waals surface area (Å²) in [5.41, 5.74) is 1.21. The molecule has 0 amide bonds. The first-order valence-corrected chi connectivity index (χ1v) is 9.91. The predicted octanol–water partition coefficient (Wildman–Crippen LogP) is 3.95. The van der Waals surface area contributed by atoms with Gasteiger partial charge < -0.3 is 5.11 Å². The molecule has 0 unspecified atom stereocenters. The van der Waals surface area contributed by atoms with Crippen molar-refractivity contribution in [3.63, 3.8) is 0 Å². The van der Waals surface area contributed by atoms with Crippen molar-refractivity contribution < 1.29 is 18.3 Å². The normalized spacial score (nSPS) is 11.5. The van der Waals surface area contributed by atoms with Gasteiger partial charge in [0.25, 0.3) is 0 Å². The fraction of sp³-hybridized carbons (Fsp3) is 0.0588. The molecule has 0 aliphatic rings. The molecule has 9 heteroatoms. The highest BCUT2D eigenvalue weighted by molar-refractivity contribution is 7.90. The van der Waals surface area contributed by atoms with Crippen LogP contribution in [0.3, 0.4) is 0 Å². The maximum Gasteiger partial charge on any atom is 0.354 e. The van der Waals surface area contributed by atoms with Crippen molar-refractivity contribution in [3.05, 3.63) is 64.3 Å². The van der Waals surface area contributed by atoms with E-state index in [1.807, 2.05) is 0 Å². The highest BCUT2D eigenvalue weighted by atomic mass is 35.5. The smallest absolute Gasteiger partial charge is 0.354 e. The first kappa shape index (κ1) is 18.4. The van der Waals surface area contributed by atoms with Crippen LogP contribution in [0.2, 0.25) is 10.0 Å². The lowest BCUT2D eigenvalue weighted by Crippen LogP contribution is -2.08. The van der Waals surface area contributed by atoms with Gasteiger partial charge in [-0.3, -0.25) is 0 Å². The Morgan fingerprint density at radius 1 is 1.08 bits per heavy atom. The topological polar surface area (TPSA) is 89.3 Å². The number of hydrogen-bond donors (Lipinski definition) is 1. The third kappa shape index (κ3) is 3.60. The van der Waals surface area contributed by atoms with Crippen LogP contribution in [-0.4, -0.2) is 35.5 Å². The van der Waals surface area contributed by atoms with E-state index in [4.69, 9.17) is 23.2 Å². The van der Waals surface area contributed by atoms with Crippen LogP contribution in [0.1, 0.15) is 10.5 Å². The van der Waals surface area contributed by atoms with Gasteiger partial charge in [-0.1, -0.05) is 23.2 Å². The van der Waals surface area contributed by atoms with Crippen molar-refractivity contribution in [2.75, 3.05) is 6.26 Å². The number of carboxylic acid groups (broad SMARTS) is 1. The van der Waals surface area contributed by atoms with E-state index in [2.05, 4.69) is 5.10 Å². The summed E-state index contributed by atoms with van der Waals surface area (Å²) >= 11 is 12.1. The zero-order valence-corrected chi connectivity index (χ0v) is 15.7. The highest BCUT2D eigenvalue weighted by Crippen LogP contribution is 2.30. The Morgan fingerprint density at radius 3 is 2.27 bits per heavy atom. The second-order valence-electron chi connectivity index (χ2n) is 5.52. The fourth-order valence-electron chi connectivity index (χ4n) is 2.39. The summed E-state index contributed by atoms with van der Waals surface area (Å²) in [7, 11) is -3.35. The molecule has 6 nitrogen and oxygen atoms in total. The zero-order chi connectivity index (χ0) is 19.1. The molecule has 3 rings (SSSR count). The van der Waals surface area contributed by atoms with Crippen molar-refractivity contribution in [2.45, 2.75) is 4.90 Å². The lowest BCUT2D eigenvalue weighted by molar-refractivity contribution is 0.0687. The van der Waals surface area contributed by atoms with Crippen LogP contribution >= 0.6 is 23.2 Å². The molecule has 0 spiro atoms. The predicted molar refractivity (Wildman–Crippen MR) is 99.1 cm³/mol. The van der Waals surface area contributed by atoms with Crippen LogP contribution in [0, 0.1) is 0 Å². The lowest BCUT2D eigenvalue weighted by Gasteiger charge is -2.06. The Kier molecular flexibility index (Phi) is 4.79. The molecule has 0 saturated heterocycles. The SMILES string of the molecule is CS(=O)(=O)c1ccc(-n2nc(-c3ccc(Cl)cc3Cl)cc2C(=O)O)cc1. The minimum absolute atomic E-state index is 0.0851. The molecule has 0 bridgehead atoms. The van der Waals surface area contributed by atoms with Gasteiger partial charge >= 0.3 is 5.97 Å². The van der Waals surface area contributed by atoms with E-state index in [1.165, 1.54) is 35.0 Å². The second kappa shape index (κ2) is 6.75. The second-order valence-corrected chi connectivity index (χ2v) is 8.38. The summed E-state index contributed by atoms with van der Waals surface area (Å²) in [5.74, 6) is -1.18. The molecular formula is C17H12Cl2N2O4S. The summed E-state index contributed by atoms with van der Waals surface area (Å²) in [6.07, 6.45) is 1.10. The lowest BCUT2D eigenvalue weighted by atomic mass is 10.1. The Hall–Kier alpha value is -2.35. The zero-order valence-electron chi connectivity index (χ0n) is 13.3. The van der Waals surface area contributed by atoms with Gasteiger partial charge in [-0.15, -0.1) is 0 Å². The number of benzene rings is 2. The largest absolute Gasteiger partial charge is 0.477 e. The number of carboxylic acids is 1. The van der Waals surface area contributed by atoms with Crippen LogP contribution < -0.4 is 0 Å². The molecule has 0 atom stereocenters. The number of nitrogens with zero attached hydrogens (tertiary/aromatic N) is 2. The van der Waals surface area contributed by atoms with E-state index in [-0.39, 0.29) is 10.6 Å². The van der Waals surface area contributed by atoms with E-state index in [9.17, 15) is 18.3 Å². The quantitative estimate of drug-likeness (QED) is 0.702. The van der Waals surface area contributed by atoms with Gasteiger partial charge in [-0.05, 0) is 48.5 Å². The van der Waals surface area contributed by atoms with Gasteiger partial charge in [0.15, 0.2) is 15.5 Å². The standard InChI is InChI=1S/C17H12Cl2N2O4S/c1-26(24,25)12-5-3-11(4-6-12)21-16(17(22)23)9-15(20-21)13-7-2-10(18)8-14(13)19/h2-9H,1H3,(H,22,23). The Bertz CT molecular complexity index is 1110. The third-order valence-corrected chi connectivity index (χ3v) is 5.32. The number of carbonyl (C=O) groups is 1. The van der Waals surface area contributed by atoms with Gasteiger partial charge in [0.2, 0.25) is 0 Å². The van der Waals surface area contributed by atoms with Crippen molar-refractivity contribution in [3.8, 4) is 16.9 Å². The summed E-state index contributed by atoms with van der Waals surface area (Å²) in [6.45, 7) is 0. The van der Waals surface area contributed by atoms with E-state index in [0.29, 0.717) is 27.0 Å². The van der Waals surface area contributed by atoms with Gasteiger partial charge in [0.1, 0.15) is 0 Å². The number of halogens is 2. The summed E-state index contributed by atoms with van der Waals surface area (Å²) in [6, 6.07) is 12.0. The van der Waals surface area contributed by atoms with Gasteiger partial charge in [-0.2, -0.15) is 5.10 Å². The summed E-state index contributed by atoms with van der Waals surface area (Å²) in [5, 5.41) is 14.6. The third-order valence-electron chi connectivity index (χ3n) is 3.65. The molecule has 1 aromatic heterocycles. The van der Waals surface area contributed by atoms with Gasteiger partial charge in [0, 0.05) is 16.8 Å². The van der Waals surface area contributed by atoms with Crippen molar-refractivity contribution in [1.29, 1.82) is 0 Å². The molecule has 2 aromatic carbocycles. The molecule has 1 N–H and O–H groups in total. The molecule has 0 fully saturated rings. The monoisotopic (exact) mass is 410 g/mol. The maximum absolute atomic E-state index is 11.6. The van der Waals surface area contributed by atoms with Crippen LogP contribution in [0.25, 0.3) is 16.9 Å². The maximum atomic E-state index is 11.6. The Balaban J connectivity index is 2.13. The van der Waals surface area contributed by atoms with E-state index >= 15 is 0 Å². The average Bonchev–Trinajstić information content (AvgIpc) is 2.99. The number of hydrogen-bond acceptors (Lipinski definition) is 4.